The molecule has 0 heterocycles. The predicted molar refractivity (Wildman–Crippen MR) is 119 cm³/mol. The number of aliphatic hydroxyl groups excluding tert-OH is 1. The molecule has 1 aromatic carbocycles. The van der Waals surface area contributed by atoms with E-state index in [0.29, 0.717) is 18.3 Å². The number of carbonyl (C=O) groups excluding carboxylic acids is 1. The van der Waals surface area contributed by atoms with E-state index in [1.807, 2.05) is 0 Å². The molecule has 4 atom stereocenters. The van der Waals surface area contributed by atoms with Crippen LogP contribution in [0.25, 0.3) is 0 Å². The van der Waals surface area contributed by atoms with Crippen molar-refractivity contribution in [2.45, 2.75) is 77.4 Å². The van der Waals surface area contributed by atoms with Crippen LogP contribution in [0.15, 0.2) is 24.3 Å². The third-order valence-electron chi connectivity index (χ3n) is 6.72. The van der Waals surface area contributed by atoms with Gasteiger partial charge in [0.25, 0.3) is 5.91 Å². The number of amides is 1. The minimum atomic E-state index is -1.52. The summed E-state index contributed by atoms with van der Waals surface area (Å²) in [6.07, 6.45) is 4.43. The number of aliphatic carboxylic acids is 1. The maximum absolute atomic E-state index is 14.9. The number of allylic oxidation sites excluding steroid dienone is 1. The summed E-state index contributed by atoms with van der Waals surface area (Å²) in [6.45, 7) is 10.3. The highest BCUT2D eigenvalue weighted by atomic mass is 19.1. The smallest absolute Gasteiger partial charge is 0.328 e. The Hall–Kier alpha value is -2.41. The Morgan fingerprint density at radius 2 is 2.06 bits per heavy atom. The number of carboxylic acids is 1. The largest absolute Gasteiger partial charge is 0.493 e. The molecule has 2 aliphatic carbocycles. The molecular formula is C25H34FNO5. The van der Waals surface area contributed by atoms with Crippen LogP contribution < -0.4 is 10.1 Å². The normalized spacial score (nSPS) is 25.2. The van der Waals surface area contributed by atoms with Crippen LogP contribution in [-0.2, 0) is 4.79 Å². The van der Waals surface area contributed by atoms with Crippen molar-refractivity contribution >= 4 is 11.9 Å². The monoisotopic (exact) mass is 447 g/mol. The molecule has 0 saturated heterocycles. The number of nitrogens with one attached hydrogen (secondary N) is 1. The molecule has 2 saturated carbocycles. The lowest BCUT2D eigenvalue weighted by atomic mass is 9.67. The predicted octanol–water partition coefficient (Wildman–Crippen LogP) is 4.42. The van der Waals surface area contributed by atoms with E-state index in [1.165, 1.54) is 24.6 Å². The van der Waals surface area contributed by atoms with Gasteiger partial charge in [-0.15, -0.1) is 0 Å². The number of ether oxygens (including phenoxy) is 1. The van der Waals surface area contributed by atoms with Crippen molar-refractivity contribution in [3.63, 3.8) is 0 Å². The van der Waals surface area contributed by atoms with E-state index in [9.17, 15) is 24.2 Å². The fourth-order valence-corrected chi connectivity index (χ4v) is 4.88. The van der Waals surface area contributed by atoms with Gasteiger partial charge in [0, 0.05) is 11.5 Å². The topological polar surface area (TPSA) is 95.9 Å². The molecule has 1 amide bonds. The van der Waals surface area contributed by atoms with Gasteiger partial charge in [-0.05, 0) is 68.9 Å². The zero-order chi connectivity index (χ0) is 23.6. The maximum atomic E-state index is 14.9. The van der Waals surface area contributed by atoms with Gasteiger partial charge in [-0.25, -0.2) is 9.18 Å². The zero-order valence-electron chi connectivity index (χ0n) is 19.1. The molecule has 32 heavy (non-hydrogen) atoms. The minimum Gasteiger partial charge on any atom is -0.493 e. The quantitative estimate of drug-likeness (QED) is 0.487. The van der Waals surface area contributed by atoms with Crippen LogP contribution in [0.3, 0.4) is 0 Å². The first-order valence-corrected chi connectivity index (χ1v) is 11.4. The second-order valence-electron chi connectivity index (χ2n) is 9.76. The van der Waals surface area contributed by atoms with E-state index in [4.69, 9.17) is 4.74 Å². The maximum Gasteiger partial charge on any atom is 0.328 e. The van der Waals surface area contributed by atoms with Crippen molar-refractivity contribution in [1.82, 2.24) is 5.32 Å². The average Bonchev–Trinajstić information content (AvgIpc) is 3.54. The van der Waals surface area contributed by atoms with Crippen molar-refractivity contribution in [2.75, 3.05) is 6.61 Å². The molecule has 1 aromatic rings. The van der Waals surface area contributed by atoms with Crippen LogP contribution in [-0.4, -0.2) is 40.8 Å². The summed E-state index contributed by atoms with van der Waals surface area (Å²) < 4.78 is 21.1. The first kappa shape index (κ1) is 24.2. The fraction of sp³-hybridized carbons (Fsp3) is 0.600. The summed E-state index contributed by atoms with van der Waals surface area (Å²) in [5, 5.41) is 21.0. The van der Waals surface area contributed by atoms with Crippen molar-refractivity contribution in [2.24, 2.45) is 11.3 Å². The van der Waals surface area contributed by atoms with Gasteiger partial charge in [0.2, 0.25) is 0 Å². The first-order valence-electron chi connectivity index (χ1n) is 11.4. The van der Waals surface area contributed by atoms with Gasteiger partial charge in [-0.3, -0.25) is 4.79 Å². The van der Waals surface area contributed by atoms with E-state index >= 15 is 0 Å². The van der Waals surface area contributed by atoms with Gasteiger partial charge in [-0.1, -0.05) is 26.0 Å². The number of benzene rings is 1. The lowest BCUT2D eigenvalue weighted by molar-refractivity contribution is -0.141. The van der Waals surface area contributed by atoms with Crippen LogP contribution in [0.5, 0.6) is 5.75 Å². The molecule has 0 aromatic heterocycles. The van der Waals surface area contributed by atoms with Crippen LogP contribution in [0.1, 0.15) is 81.1 Å². The summed E-state index contributed by atoms with van der Waals surface area (Å²) in [6, 6.07) is 1.19. The molecule has 2 fully saturated rings. The number of carbonyl (C=O) groups is 2. The van der Waals surface area contributed by atoms with Crippen LogP contribution in [0.4, 0.5) is 4.39 Å². The molecule has 3 N–H and O–H groups in total. The van der Waals surface area contributed by atoms with Crippen LogP contribution in [0.2, 0.25) is 0 Å². The van der Waals surface area contributed by atoms with E-state index in [1.54, 1.807) is 0 Å². The number of halogens is 1. The standard InChI is InChI=1S/C25H34FNO5/c1-5-25(11-14(2)8-15(3)12-25)13-32-21-10-20(26)19(9-18(21)17-6-7-17)23(29)27-22(16(4)28)24(30)31/h9-10,15-17,22,28H,2,5-8,11-13H2,1,3-4H3,(H,27,29)(H,30,31)/t15?,16-,22+,25?/m1/s1. The molecule has 0 aliphatic heterocycles. The number of hydrogen-bond acceptors (Lipinski definition) is 4. The molecule has 6 nitrogen and oxygen atoms in total. The van der Waals surface area contributed by atoms with E-state index < -0.39 is 29.8 Å². The highest BCUT2D eigenvalue weighted by Crippen LogP contribution is 2.47. The molecule has 0 spiro atoms. The summed E-state index contributed by atoms with van der Waals surface area (Å²) in [4.78, 5) is 23.9. The summed E-state index contributed by atoms with van der Waals surface area (Å²) in [7, 11) is 0. The van der Waals surface area contributed by atoms with Gasteiger partial charge in [0.1, 0.15) is 11.6 Å². The first-order chi connectivity index (χ1) is 15.0. The van der Waals surface area contributed by atoms with Crippen LogP contribution in [0, 0.1) is 17.2 Å². The molecule has 0 radical (unpaired) electrons. The molecular weight excluding hydrogens is 413 g/mol. The molecule has 0 bridgehead atoms. The lowest BCUT2D eigenvalue weighted by Crippen LogP contribution is -2.47. The second-order valence-corrected chi connectivity index (χ2v) is 9.76. The molecule has 3 rings (SSSR count). The van der Waals surface area contributed by atoms with Gasteiger partial charge < -0.3 is 20.3 Å². The van der Waals surface area contributed by atoms with Gasteiger partial charge >= 0.3 is 5.97 Å². The van der Waals surface area contributed by atoms with Gasteiger partial charge in [0.15, 0.2) is 6.04 Å². The molecule has 176 valence electrons. The third kappa shape index (κ3) is 5.49. The summed E-state index contributed by atoms with van der Waals surface area (Å²) >= 11 is 0. The highest BCUT2D eigenvalue weighted by molar-refractivity contribution is 5.97. The molecule has 2 unspecified atom stereocenters. The third-order valence-corrected chi connectivity index (χ3v) is 6.72. The minimum absolute atomic E-state index is 0.0337. The fourth-order valence-electron chi connectivity index (χ4n) is 4.88. The Balaban J connectivity index is 1.82. The number of carboxylic acid groups (broad SMARTS) is 1. The number of aliphatic hydroxyl groups is 1. The summed E-state index contributed by atoms with van der Waals surface area (Å²) in [5.74, 6) is -1.85. The van der Waals surface area contributed by atoms with Crippen molar-refractivity contribution in [1.29, 1.82) is 0 Å². The van der Waals surface area contributed by atoms with Crippen molar-refractivity contribution in [3.8, 4) is 5.75 Å². The SMILES string of the molecule is C=C1CC(C)CC(CC)(COc2cc(F)c(C(=O)N[C@H](C(=O)O)[C@@H](C)O)cc2C2CC2)C1. The number of hydrogen-bond donors (Lipinski definition) is 3. The Labute approximate surface area is 188 Å². The van der Waals surface area contributed by atoms with E-state index in [0.717, 1.165) is 44.1 Å². The number of rotatable bonds is 9. The van der Waals surface area contributed by atoms with E-state index in [-0.39, 0.29) is 16.9 Å². The van der Waals surface area contributed by atoms with E-state index in [2.05, 4.69) is 25.7 Å². The Morgan fingerprint density at radius 3 is 2.59 bits per heavy atom. The highest BCUT2D eigenvalue weighted by Gasteiger charge is 2.37. The van der Waals surface area contributed by atoms with Crippen molar-refractivity contribution < 1.29 is 28.9 Å². The molecule has 7 heteroatoms. The zero-order valence-corrected chi connectivity index (χ0v) is 19.1. The van der Waals surface area contributed by atoms with Crippen molar-refractivity contribution in [3.05, 3.63) is 41.2 Å². The molecule has 2 aliphatic rings. The second kappa shape index (κ2) is 9.61. The lowest BCUT2D eigenvalue weighted by Gasteiger charge is -2.40. The van der Waals surface area contributed by atoms with Gasteiger partial charge in [-0.2, -0.15) is 0 Å². The Bertz CT molecular complexity index is 895. The Kier molecular flexibility index (Phi) is 7.28. The average molecular weight is 448 g/mol. The Morgan fingerprint density at radius 1 is 1.38 bits per heavy atom. The van der Waals surface area contributed by atoms with Crippen LogP contribution >= 0.6 is 0 Å². The van der Waals surface area contributed by atoms with Gasteiger partial charge in [0.05, 0.1) is 18.3 Å². The summed E-state index contributed by atoms with van der Waals surface area (Å²) in [5.41, 5.74) is 1.72.